The van der Waals surface area contributed by atoms with Crippen LogP contribution in [0, 0.1) is 7.05 Å². The summed E-state index contributed by atoms with van der Waals surface area (Å²) in [6.45, 7) is 0.122. The second kappa shape index (κ2) is 5.54. The first kappa shape index (κ1) is 10.9. The molecule has 0 amide bonds. The minimum Gasteiger partial charge on any atom is -0.465 e. The first-order chi connectivity index (χ1) is 5.60. The van der Waals surface area contributed by atoms with Crippen molar-refractivity contribution < 1.29 is 24.0 Å². The van der Waals surface area contributed by atoms with E-state index < -0.39 is 11.9 Å². The molecule has 0 radical (unpaired) electrons. The highest BCUT2D eigenvalue weighted by atomic mass is 16.5. The highest BCUT2D eigenvalue weighted by Crippen LogP contribution is 1.67. The minimum atomic E-state index is -0.399. The summed E-state index contributed by atoms with van der Waals surface area (Å²) in [6, 6.07) is 0. The Morgan fingerprint density at radius 3 is 1.75 bits per heavy atom. The Kier molecular flexibility index (Phi) is 5.03. The molecule has 0 aromatic rings. The zero-order valence-electron chi connectivity index (χ0n) is 7.25. The Labute approximate surface area is 71.2 Å². The van der Waals surface area contributed by atoms with Crippen LogP contribution in [0.1, 0.15) is 0 Å². The lowest BCUT2D eigenvalue weighted by Crippen LogP contribution is -3.08. The van der Waals surface area contributed by atoms with Gasteiger partial charge in [0.05, 0.1) is 14.2 Å². The Morgan fingerprint density at radius 1 is 1.17 bits per heavy atom. The lowest BCUT2D eigenvalue weighted by molar-refractivity contribution is -0.837. The van der Waals surface area contributed by atoms with Crippen LogP contribution in [-0.4, -0.2) is 39.2 Å². The molecule has 0 saturated heterocycles. The van der Waals surface area contributed by atoms with Gasteiger partial charge < -0.3 is 14.4 Å². The monoisotopic (exact) mass is 175 g/mol. The molecule has 0 rings (SSSR count). The standard InChI is InChI=1S/C7H13NO4/c1-8(4-6(9)11-2)5-7(10)12-3/h8H,1,4-5H2,2-3H3. The number of hydrogen-bond donors (Lipinski definition) is 1. The van der Waals surface area contributed by atoms with Crippen LogP contribution in [0.25, 0.3) is 0 Å². The van der Waals surface area contributed by atoms with Gasteiger partial charge in [0.15, 0.2) is 13.1 Å². The number of carbonyl (C=O) groups is 2. The maximum absolute atomic E-state index is 10.7. The first-order valence-corrected chi connectivity index (χ1v) is 3.40. The van der Waals surface area contributed by atoms with Crippen molar-refractivity contribution in [2.45, 2.75) is 0 Å². The van der Waals surface area contributed by atoms with E-state index >= 15 is 0 Å². The molecular weight excluding hydrogens is 162 g/mol. The molecule has 0 aromatic heterocycles. The molecule has 0 aliphatic carbocycles. The summed E-state index contributed by atoms with van der Waals surface area (Å²) in [6.07, 6.45) is 0. The van der Waals surface area contributed by atoms with Crippen LogP contribution in [0.5, 0.6) is 0 Å². The number of nitrogens with one attached hydrogen (secondary N) is 1. The van der Waals surface area contributed by atoms with Crippen molar-refractivity contribution in [2.24, 2.45) is 0 Å². The molecule has 0 unspecified atom stereocenters. The smallest absolute Gasteiger partial charge is 0.359 e. The highest BCUT2D eigenvalue weighted by Gasteiger charge is 2.09. The van der Waals surface area contributed by atoms with E-state index in [1.165, 1.54) is 14.2 Å². The molecule has 0 aromatic carbocycles. The van der Waals surface area contributed by atoms with E-state index in [0.717, 1.165) is 0 Å². The third-order valence-corrected chi connectivity index (χ3v) is 1.24. The molecule has 0 aliphatic heterocycles. The summed E-state index contributed by atoms with van der Waals surface area (Å²) < 4.78 is 8.77. The molecule has 12 heavy (non-hydrogen) atoms. The molecule has 5 nitrogen and oxygen atoms in total. The van der Waals surface area contributed by atoms with Gasteiger partial charge in [-0.05, 0) is 0 Å². The zero-order valence-corrected chi connectivity index (χ0v) is 7.25. The van der Waals surface area contributed by atoms with E-state index in [2.05, 4.69) is 16.5 Å². The summed E-state index contributed by atoms with van der Waals surface area (Å²) in [4.78, 5) is 21.8. The molecular formula is C7H13NO4. The second-order valence-electron chi connectivity index (χ2n) is 2.26. The number of carbonyl (C=O) groups excluding carboxylic acids is 2. The van der Waals surface area contributed by atoms with Crippen molar-refractivity contribution in [3.63, 3.8) is 0 Å². The van der Waals surface area contributed by atoms with Gasteiger partial charge in [-0.15, -0.1) is 7.05 Å². The average Bonchev–Trinajstić information content (AvgIpc) is 2.03. The third kappa shape index (κ3) is 4.68. The van der Waals surface area contributed by atoms with Crippen molar-refractivity contribution in [1.29, 1.82) is 0 Å². The van der Waals surface area contributed by atoms with Gasteiger partial charge in [-0.25, -0.2) is 9.59 Å². The Bertz CT molecular complexity index is 151. The molecule has 0 atom stereocenters. The summed E-state index contributed by atoms with van der Waals surface area (Å²) in [5, 5.41) is 0. The maximum Gasteiger partial charge on any atom is 0.359 e. The van der Waals surface area contributed by atoms with Crippen molar-refractivity contribution in [3.05, 3.63) is 7.05 Å². The quantitative estimate of drug-likeness (QED) is 0.397. The van der Waals surface area contributed by atoms with E-state index in [1.807, 2.05) is 0 Å². The summed E-state index contributed by atoms with van der Waals surface area (Å²) in [5.74, 6) is -0.798. The van der Waals surface area contributed by atoms with Gasteiger partial charge in [0.1, 0.15) is 0 Å². The molecule has 0 aliphatic rings. The Hall–Kier alpha value is -1.10. The van der Waals surface area contributed by atoms with Crippen molar-refractivity contribution in [3.8, 4) is 0 Å². The molecule has 0 heterocycles. The topological polar surface area (TPSA) is 57.0 Å². The van der Waals surface area contributed by atoms with E-state index in [-0.39, 0.29) is 13.1 Å². The summed E-state index contributed by atoms with van der Waals surface area (Å²) in [7, 11) is 6.10. The van der Waals surface area contributed by atoms with Gasteiger partial charge >= 0.3 is 11.9 Å². The van der Waals surface area contributed by atoms with Gasteiger partial charge in [-0.3, -0.25) is 0 Å². The molecule has 0 spiro atoms. The number of methoxy groups -OCH3 is 2. The predicted molar refractivity (Wildman–Crippen MR) is 40.1 cm³/mol. The van der Waals surface area contributed by atoms with Gasteiger partial charge in [-0.2, -0.15) is 0 Å². The van der Waals surface area contributed by atoms with Gasteiger partial charge in [-0.1, -0.05) is 0 Å². The number of rotatable bonds is 4. The molecule has 70 valence electrons. The number of quaternary nitrogens is 1. The number of esters is 2. The van der Waals surface area contributed by atoms with E-state index in [1.54, 1.807) is 0 Å². The van der Waals surface area contributed by atoms with Crippen molar-refractivity contribution in [2.75, 3.05) is 27.3 Å². The minimum absolute atomic E-state index is 0.0611. The highest BCUT2D eigenvalue weighted by molar-refractivity contribution is 5.72. The fraction of sp³-hybridized carbons (Fsp3) is 0.571. The fourth-order valence-corrected chi connectivity index (χ4v) is 0.615. The van der Waals surface area contributed by atoms with Crippen LogP contribution < -0.4 is 4.90 Å². The fourth-order valence-electron chi connectivity index (χ4n) is 0.615. The molecule has 5 heteroatoms. The van der Waals surface area contributed by atoms with Crippen LogP contribution in [0.3, 0.4) is 0 Å². The molecule has 0 fully saturated rings. The van der Waals surface area contributed by atoms with E-state index in [9.17, 15) is 9.59 Å². The van der Waals surface area contributed by atoms with E-state index in [4.69, 9.17) is 0 Å². The second-order valence-corrected chi connectivity index (χ2v) is 2.26. The Balaban J connectivity index is 3.66. The third-order valence-electron chi connectivity index (χ3n) is 1.24. The van der Waals surface area contributed by atoms with Crippen LogP contribution in [0.2, 0.25) is 0 Å². The van der Waals surface area contributed by atoms with Crippen LogP contribution in [0.15, 0.2) is 0 Å². The molecule has 1 N–H and O–H groups in total. The summed E-state index contributed by atoms with van der Waals surface area (Å²) in [5.41, 5.74) is 0. The number of hydrogen-bond acceptors (Lipinski definition) is 4. The SMILES string of the molecule is [CH2-][NH+](CC(=O)OC)CC(=O)OC. The van der Waals surface area contributed by atoms with E-state index in [0.29, 0.717) is 4.90 Å². The lowest BCUT2D eigenvalue weighted by Gasteiger charge is -2.17. The Morgan fingerprint density at radius 2 is 1.50 bits per heavy atom. The van der Waals surface area contributed by atoms with Crippen LogP contribution in [0.4, 0.5) is 0 Å². The normalized spacial score (nSPS) is 9.67. The number of ether oxygens (including phenoxy) is 2. The zero-order chi connectivity index (χ0) is 9.56. The van der Waals surface area contributed by atoms with Crippen molar-refractivity contribution >= 4 is 11.9 Å². The average molecular weight is 175 g/mol. The molecule has 0 bridgehead atoms. The molecule has 0 saturated carbocycles. The van der Waals surface area contributed by atoms with Gasteiger partial charge in [0.2, 0.25) is 0 Å². The van der Waals surface area contributed by atoms with Gasteiger partial charge in [0, 0.05) is 0 Å². The van der Waals surface area contributed by atoms with Crippen LogP contribution in [-0.2, 0) is 19.1 Å². The van der Waals surface area contributed by atoms with Crippen LogP contribution >= 0.6 is 0 Å². The lowest BCUT2D eigenvalue weighted by atomic mass is 10.5. The first-order valence-electron chi connectivity index (χ1n) is 3.40. The van der Waals surface area contributed by atoms with Crippen molar-refractivity contribution in [1.82, 2.24) is 0 Å². The largest absolute Gasteiger partial charge is 0.465 e. The maximum atomic E-state index is 10.7. The van der Waals surface area contributed by atoms with Gasteiger partial charge in [0.25, 0.3) is 0 Å². The summed E-state index contributed by atoms with van der Waals surface area (Å²) >= 11 is 0. The predicted octanol–water partition coefficient (Wildman–Crippen LogP) is -1.99.